The van der Waals surface area contributed by atoms with E-state index in [1.165, 1.54) is 12.0 Å². The molecule has 2 bridgehead atoms. The number of aryl methyl sites for hydroxylation is 1. The summed E-state index contributed by atoms with van der Waals surface area (Å²) in [7, 11) is 0. The molecule has 0 radical (unpaired) electrons. The van der Waals surface area contributed by atoms with Crippen LogP contribution in [0.15, 0.2) is 24.3 Å². The van der Waals surface area contributed by atoms with E-state index in [0.717, 1.165) is 30.9 Å². The van der Waals surface area contributed by atoms with Crippen LogP contribution in [0.1, 0.15) is 61.0 Å². The Kier molecular flexibility index (Phi) is 3.66. The number of carbonyl (C=O) groups is 1. The molecule has 2 atom stereocenters. The first-order valence-corrected chi connectivity index (χ1v) is 8.88. The minimum absolute atomic E-state index is 0.00826. The van der Waals surface area contributed by atoms with Crippen LogP contribution in [-0.2, 0) is 0 Å². The number of benzene rings is 1. The number of hydrogen-bond acceptors (Lipinski definition) is 3. The van der Waals surface area contributed by atoms with Gasteiger partial charge >= 0.3 is 0 Å². The van der Waals surface area contributed by atoms with E-state index in [1.54, 1.807) is 0 Å². The lowest BCUT2D eigenvalue weighted by molar-refractivity contribution is 0.0691. The van der Waals surface area contributed by atoms with Gasteiger partial charge in [-0.1, -0.05) is 32.0 Å². The van der Waals surface area contributed by atoms with E-state index in [4.69, 9.17) is 0 Å². The van der Waals surface area contributed by atoms with Gasteiger partial charge < -0.3 is 4.90 Å². The van der Waals surface area contributed by atoms with Crippen molar-refractivity contribution in [3.63, 3.8) is 0 Å². The number of aromatic nitrogens is 3. The van der Waals surface area contributed by atoms with Gasteiger partial charge in [-0.05, 0) is 49.7 Å². The number of para-hydroxylation sites is 1. The summed E-state index contributed by atoms with van der Waals surface area (Å²) in [5.74, 6) is 2.16. The Morgan fingerprint density at radius 1 is 1.25 bits per heavy atom. The molecule has 2 aliphatic rings. The van der Waals surface area contributed by atoms with E-state index >= 15 is 0 Å². The SMILES string of the molecule is Cc1nc(C(=O)N2CC3CCC2C3)nn1-c1ccccc1C(C)C. The first kappa shape index (κ1) is 15.4. The predicted octanol–water partition coefficient (Wildman–Crippen LogP) is 3.32. The van der Waals surface area contributed by atoms with Crippen molar-refractivity contribution in [3.8, 4) is 5.69 Å². The largest absolute Gasteiger partial charge is 0.333 e. The van der Waals surface area contributed by atoms with E-state index in [-0.39, 0.29) is 5.91 Å². The second-order valence-corrected chi connectivity index (χ2v) is 7.40. The van der Waals surface area contributed by atoms with Gasteiger partial charge in [-0.15, -0.1) is 5.10 Å². The Bertz CT molecular complexity index is 779. The van der Waals surface area contributed by atoms with Crippen molar-refractivity contribution < 1.29 is 4.79 Å². The summed E-state index contributed by atoms with van der Waals surface area (Å²) in [5.41, 5.74) is 2.23. The Morgan fingerprint density at radius 3 is 2.71 bits per heavy atom. The van der Waals surface area contributed by atoms with Crippen molar-refractivity contribution in [2.75, 3.05) is 6.54 Å². The molecule has 2 heterocycles. The third kappa shape index (κ3) is 2.43. The summed E-state index contributed by atoms with van der Waals surface area (Å²) in [6.45, 7) is 7.12. The highest BCUT2D eigenvalue weighted by Crippen LogP contribution is 2.37. The summed E-state index contributed by atoms with van der Waals surface area (Å²) >= 11 is 0. The van der Waals surface area contributed by atoms with E-state index in [1.807, 2.05) is 34.7 Å². The van der Waals surface area contributed by atoms with Crippen LogP contribution >= 0.6 is 0 Å². The van der Waals surface area contributed by atoms with E-state index in [9.17, 15) is 4.79 Å². The zero-order valence-corrected chi connectivity index (χ0v) is 14.6. The van der Waals surface area contributed by atoms with Crippen LogP contribution in [0.2, 0.25) is 0 Å². The van der Waals surface area contributed by atoms with Gasteiger partial charge in [-0.2, -0.15) is 0 Å². The summed E-state index contributed by atoms with van der Waals surface area (Å²) in [6, 6.07) is 8.60. The molecule has 1 aromatic carbocycles. The van der Waals surface area contributed by atoms with Gasteiger partial charge in [0.1, 0.15) is 5.82 Å². The quantitative estimate of drug-likeness (QED) is 0.870. The average molecular weight is 324 g/mol. The Hall–Kier alpha value is -2.17. The van der Waals surface area contributed by atoms with Crippen LogP contribution in [0.3, 0.4) is 0 Å². The van der Waals surface area contributed by atoms with Gasteiger partial charge in [0.05, 0.1) is 5.69 Å². The number of hydrogen-bond donors (Lipinski definition) is 0. The van der Waals surface area contributed by atoms with Gasteiger partial charge in [0.2, 0.25) is 5.82 Å². The van der Waals surface area contributed by atoms with Crippen molar-refractivity contribution >= 4 is 5.91 Å². The van der Waals surface area contributed by atoms with Crippen LogP contribution in [0.4, 0.5) is 0 Å². The highest BCUT2D eigenvalue weighted by molar-refractivity contribution is 5.91. The number of fused-ring (bicyclic) bond motifs is 2. The normalized spacial score (nSPS) is 22.6. The lowest BCUT2D eigenvalue weighted by atomic mass is 10.0. The minimum Gasteiger partial charge on any atom is -0.333 e. The molecule has 2 unspecified atom stereocenters. The Balaban J connectivity index is 1.67. The molecular formula is C19H24N4O. The van der Waals surface area contributed by atoms with E-state index < -0.39 is 0 Å². The predicted molar refractivity (Wildman–Crippen MR) is 92.4 cm³/mol. The van der Waals surface area contributed by atoms with Crippen LogP contribution in [0, 0.1) is 12.8 Å². The van der Waals surface area contributed by atoms with Gasteiger partial charge in [0, 0.05) is 12.6 Å². The Morgan fingerprint density at radius 2 is 2.04 bits per heavy atom. The maximum absolute atomic E-state index is 12.8. The van der Waals surface area contributed by atoms with Gasteiger partial charge in [-0.3, -0.25) is 4.79 Å². The molecule has 1 aliphatic carbocycles. The number of carbonyl (C=O) groups excluding carboxylic acids is 1. The molecule has 1 saturated heterocycles. The van der Waals surface area contributed by atoms with Crippen molar-refractivity contribution in [1.29, 1.82) is 0 Å². The number of piperidine rings is 1. The molecule has 2 aromatic rings. The van der Waals surface area contributed by atoms with E-state index in [0.29, 0.717) is 23.7 Å². The molecule has 1 amide bonds. The molecule has 2 fully saturated rings. The topological polar surface area (TPSA) is 51.0 Å². The highest BCUT2D eigenvalue weighted by Gasteiger charge is 2.41. The fourth-order valence-electron chi connectivity index (χ4n) is 4.18. The van der Waals surface area contributed by atoms with Crippen LogP contribution in [0.25, 0.3) is 5.69 Å². The van der Waals surface area contributed by atoms with E-state index in [2.05, 4.69) is 30.0 Å². The molecule has 0 spiro atoms. The third-order valence-electron chi connectivity index (χ3n) is 5.42. The number of nitrogens with zero attached hydrogens (tertiary/aromatic N) is 4. The maximum atomic E-state index is 12.8. The molecule has 5 heteroatoms. The molecular weight excluding hydrogens is 300 g/mol. The molecule has 1 aromatic heterocycles. The summed E-state index contributed by atoms with van der Waals surface area (Å²) < 4.78 is 1.82. The van der Waals surface area contributed by atoms with Crippen molar-refractivity contribution in [2.24, 2.45) is 5.92 Å². The standard InChI is InChI=1S/C19H24N4O/c1-12(2)16-6-4-5-7-17(16)23-13(3)20-18(21-23)19(24)22-11-14-8-9-15(22)10-14/h4-7,12,14-15H,8-11H2,1-3H3. The molecule has 4 rings (SSSR count). The van der Waals surface area contributed by atoms with Crippen LogP contribution in [-0.4, -0.2) is 38.2 Å². The molecule has 5 nitrogen and oxygen atoms in total. The molecule has 126 valence electrons. The van der Waals surface area contributed by atoms with Crippen molar-refractivity contribution in [1.82, 2.24) is 19.7 Å². The first-order chi connectivity index (χ1) is 11.5. The molecule has 1 saturated carbocycles. The minimum atomic E-state index is -0.00826. The highest BCUT2D eigenvalue weighted by atomic mass is 16.2. The zero-order chi connectivity index (χ0) is 16.8. The fourth-order valence-corrected chi connectivity index (χ4v) is 4.18. The lowest BCUT2D eigenvalue weighted by Crippen LogP contribution is -2.38. The number of rotatable bonds is 3. The Labute approximate surface area is 142 Å². The van der Waals surface area contributed by atoms with Gasteiger partial charge in [0.15, 0.2) is 0 Å². The summed E-state index contributed by atoms with van der Waals surface area (Å²) in [4.78, 5) is 19.3. The van der Waals surface area contributed by atoms with Crippen LogP contribution in [0.5, 0.6) is 0 Å². The number of amides is 1. The zero-order valence-electron chi connectivity index (χ0n) is 14.6. The molecule has 0 N–H and O–H groups in total. The summed E-state index contributed by atoms with van der Waals surface area (Å²) in [6.07, 6.45) is 3.55. The maximum Gasteiger partial charge on any atom is 0.293 e. The van der Waals surface area contributed by atoms with Crippen molar-refractivity contribution in [2.45, 2.75) is 52.0 Å². The second-order valence-electron chi connectivity index (χ2n) is 7.40. The van der Waals surface area contributed by atoms with Gasteiger partial charge in [0.25, 0.3) is 5.91 Å². The second kappa shape index (κ2) is 5.72. The third-order valence-corrected chi connectivity index (χ3v) is 5.42. The average Bonchev–Trinajstić information content (AvgIpc) is 3.29. The van der Waals surface area contributed by atoms with Crippen molar-refractivity contribution in [3.05, 3.63) is 41.5 Å². The first-order valence-electron chi connectivity index (χ1n) is 8.88. The van der Waals surface area contributed by atoms with Gasteiger partial charge in [-0.25, -0.2) is 9.67 Å². The lowest BCUT2D eigenvalue weighted by Gasteiger charge is -2.25. The fraction of sp³-hybridized carbons (Fsp3) is 0.526. The summed E-state index contributed by atoms with van der Waals surface area (Å²) in [5, 5.41) is 4.57. The molecule has 1 aliphatic heterocycles. The number of likely N-dealkylation sites (tertiary alicyclic amines) is 1. The monoisotopic (exact) mass is 324 g/mol. The molecule has 24 heavy (non-hydrogen) atoms. The van der Waals surface area contributed by atoms with Crippen LogP contribution < -0.4 is 0 Å². The smallest absolute Gasteiger partial charge is 0.293 e.